The minimum absolute atomic E-state index is 0.0230. The molecule has 0 aromatic heterocycles. The van der Waals surface area contributed by atoms with Gasteiger partial charge in [-0.2, -0.15) is 0 Å². The van der Waals surface area contributed by atoms with E-state index in [0.717, 1.165) is 35.8 Å². The Morgan fingerprint density at radius 3 is 2.11 bits per heavy atom. The van der Waals surface area contributed by atoms with Crippen molar-refractivity contribution in [1.82, 2.24) is 4.90 Å². The SMILES string of the molecule is COc1ccc(N2CCN(C(=O)CN(C(C)=O)c3ccc(C)cc3)CC2)cc1. The third-order valence-electron chi connectivity index (χ3n) is 5.09. The summed E-state index contributed by atoms with van der Waals surface area (Å²) in [6, 6.07) is 15.6. The Balaban J connectivity index is 1.59. The van der Waals surface area contributed by atoms with Gasteiger partial charge in [-0.3, -0.25) is 9.59 Å². The zero-order valence-corrected chi connectivity index (χ0v) is 16.7. The molecule has 1 heterocycles. The van der Waals surface area contributed by atoms with Crippen molar-refractivity contribution in [3.05, 3.63) is 54.1 Å². The van der Waals surface area contributed by atoms with Crippen LogP contribution in [0.15, 0.2) is 48.5 Å². The first-order valence-corrected chi connectivity index (χ1v) is 9.49. The van der Waals surface area contributed by atoms with Crippen molar-refractivity contribution >= 4 is 23.2 Å². The minimum atomic E-state index is -0.130. The van der Waals surface area contributed by atoms with E-state index in [9.17, 15) is 9.59 Å². The number of nitrogens with zero attached hydrogens (tertiary/aromatic N) is 3. The number of hydrogen-bond acceptors (Lipinski definition) is 4. The van der Waals surface area contributed by atoms with E-state index >= 15 is 0 Å². The molecule has 0 radical (unpaired) electrons. The number of rotatable bonds is 5. The number of benzene rings is 2. The van der Waals surface area contributed by atoms with Crippen LogP contribution in [0.25, 0.3) is 0 Å². The van der Waals surface area contributed by atoms with E-state index in [0.29, 0.717) is 13.1 Å². The summed E-state index contributed by atoms with van der Waals surface area (Å²) in [4.78, 5) is 30.5. The van der Waals surface area contributed by atoms with Crippen LogP contribution in [0, 0.1) is 6.92 Å². The molecule has 0 saturated carbocycles. The van der Waals surface area contributed by atoms with Gasteiger partial charge in [0.05, 0.1) is 7.11 Å². The van der Waals surface area contributed by atoms with Crippen molar-refractivity contribution in [3.63, 3.8) is 0 Å². The normalized spacial score (nSPS) is 14.0. The van der Waals surface area contributed by atoms with Crippen molar-refractivity contribution in [2.75, 3.05) is 49.6 Å². The molecule has 2 amide bonds. The van der Waals surface area contributed by atoms with E-state index in [2.05, 4.69) is 4.90 Å². The molecule has 6 heteroatoms. The second-order valence-electron chi connectivity index (χ2n) is 7.01. The number of amides is 2. The Morgan fingerprint density at radius 2 is 1.57 bits per heavy atom. The highest BCUT2D eigenvalue weighted by Crippen LogP contribution is 2.21. The maximum Gasteiger partial charge on any atom is 0.242 e. The molecular formula is C22H27N3O3. The predicted octanol–water partition coefficient (Wildman–Crippen LogP) is 2.71. The number of piperazine rings is 1. The Morgan fingerprint density at radius 1 is 0.964 bits per heavy atom. The van der Waals surface area contributed by atoms with Crippen molar-refractivity contribution in [2.24, 2.45) is 0 Å². The fourth-order valence-corrected chi connectivity index (χ4v) is 3.35. The summed E-state index contributed by atoms with van der Waals surface area (Å²) < 4.78 is 5.20. The number of aryl methyl sites for hydroxylation is 1. The summed E-state index contributed by atoms with van der Waals surface area (Å²) in [5.74, 6) is 0.678. The van der Waals surface area contributed by atoms with Gasteiger partial charge in [0.1, 0.15) is 12.3 Å². The number of methoxy groups -OCH3 is 1. The number of carbonyl (C=O) groups is 2. The Hall–Kier alpha value is -3.02. The van der Waals surface area contributed by atoms with Crippen molar-refractivity contribution in [2.45, 2.75) is 13.8 Å². The van der Waals surface area contributed by atoms with E-state index in [1.165, 1.54) is 11.8 Å². The molecule has 1 saturated heterocycles. The fraction of sp³-hybridized carbons (Fsp3) is 0.364. The van der Waals surface area contributed by atoms with Crippen LogP contribution >= 0.6 is 0 Å². The van der Waals surface area contributed by atoms with Crippen LogP contribution in [-0.2, 0) is 9.59 Å². The maximum atomic E-state index is 12.8. The van der Waals surface area contributed by atoms with Gasteiger partial charge in [-0.25, -0.2) is 0 Å². The van der Waals surface area contributed by atoms with Gasteiger partial charge in [0, 0.05) is 44.5 Å². The van der Waals surface area contributed by atoms with E-state index in [4.69, 9.17) is 4.74 Å². The fourth-order valence-electron chi connectivity index (χ4n) is 3.35. The lowest BCUT2D eigenvalue weighted by atomic mass is 10.2. The topological polar surface area (TPSA) is 53.1 Å². The number of carbonyl (C=O) groups excluding carboxylic acids is 2. The van der Waals surface area contributed by atoms with E-state index in [-0.39, 0.29) is 18.4 Å². The highest BCUT2D eigenvalue weighted by molar-refractivity contribution is 5.97. The number of hydrogen-bond donors (Lipinski definition) is 0. The Labute approximate surface area is 166 Å². The second-order valence-corrected chi connectivity index (χ2v) is 7.01. The molecule has 0 aliphatic carbocycles. The summed E-state index contributed by atoms with van der Waals surface area (Å²) in [6.07, 6.45) is 0. The third kappa shape index (κ3) is 4.63. The first kappa shape index (κ1) is 19.7. The lowest BCUT2D eigenvalue weighted by molar-refractivity contribution is -0.131. The molecule has 0 bridgehead atoms. The van der Waals surface area contributed by atoms with Crippen LogP contribution < -0.4 is 14.5 Å². The molecule has 1 fully saturated rings. The zero-order valence-electron chi connectivity index (χ0n) is 16.7. The molecule has 2 aromatic rings. The molecule has 6 nitrogen and oxygen atoms in total. The minimum Gasteiger partial charge on any atom is -0.497 e. The van der Waals surface area contributed by atoms with Crippen LogP contribution in [0.1, 0.15) is 12.5 Å². The van der Waals surface area contributed by atoms with Gasteiger partial charge in [-0.15, -0.1) is 0 Å². The van der Waals surface area contributed by atoms with Crippen LogP contribution in [0.3, 0.4) is 0 Å². The van der Waals surface area contributed by atoms with Gasteiger partial charge in [0.25, 0.3) is 0 Å². The van der Waals surface area contributed by atoms with Crippen LogP contribution in [0.5, 0.6) is 5.75 Å². The van der Waals surface area contributed by atoms with Crippen molar-refractivity contribution in [3.8, 4) is 5.75 Å². The summed E-state index contributed by atoms with van der Waals surface area (Å²) in [6.45, 7) is 6.38. The molecule has 3 rings (SSSR count). The second kappa shape index (κ2) is 8.78. The molecule has 28 heavy (non-hydrogen) atoms. The molecule has 148 valence electrons. The largest absolute Gasteiger partial charge is 0.497 e. The molecule has 0 spiro atoms. The lowest BCUT2D eigenvalue weighted by Gasteiger charge is -2.37. The standard InChI is InChI=1S/C22H27N3O3/c1-17-4-6-20(7-5-17)25(18(2)26)16-22(27)24-14-12-23(13-15-24)19-8-10-21(28-3)11-9-19/h4-11H,12-16H2,1-3H3. The summed E-state index contributed by atoms with van der Waals surface area (Å²) in [5.41, 5.74) is 2.99. The predicted molar refractivity (Wildman–Crippen MR) is 111 cm³/mol. The highest BCUT2D eigenvalue weighted by Gasteiger charge is 2.24. The molecule has 0 atom stereocenters. The van der Waals surface area contributed by atoms with E-state index < -0.39 is 0 Å². The van der Waals surface area contributed by atoms with Crippen molar-refractivity contribution < 1.29 is 14.3 Å². The van der Waals surface area contributed by atoms with E-state index in [1.807, 2.05) is 60.4 Å². The maximum absolute atomic E-state index is 12.8. The van der Waals surface area contributed by atoms with Gasteiger partial charge in [-0.05, 0) is 43.3 Å². The monoisotopic (exact) mass is 381 g/mol. The highest BCUT2D eigenvalue weighted by atomic mass is 16.5. The average Bonchev–Trinajstić information content (AvgIpc) is 2.72. The van der Waals surface area contributed by atoms with Gasteiger partial charge < -0.3 is 19.4 Å². The molecule has 0 N–H and O–H groups in total. The summed E-state index contributed by atoms with van der Waals surface area (Å²) >= 11 is 0. The molecular weight excluding hydrogens is 354 g/mol. The average molecular weight is 381 g/mol. The van der Waals surface area contributed by atoms with E-state index in [1.54, 1.807) is 7.11 Å². The molecule has 1 aliphatic heterocycles. The zero-order chi connectivity index (χ0) is 20.1. The molecule has 1 aliphatic rings. The van der Waals surface area contributed by atoms with Gasteiger partial charge in [0.2, 0.25) is 11.8 Å². The van der Waals surface area contributed by atoms with Gasteiger partial charge >= 0.3 is 0 Å². The summed E-state index contributed by atoms with van der Waals surface area (Å²) in [5, 5.41) is 0. The quantitative estimate of drug-likeness (QED) is 0.799. The van der Waals surface area contributed by atoms with Gasteiger partial charge in [0.15, 0.2) is 0 Å². The number of anilines is 2. The lowest BCUT2D eigenvalue weighted by Crippen LogP contribution is -2.51. The summed E-state index contributed by atoms with van der Waals surface area (Å²) in [7, 11) is 1.65. The first-order chi connectivity index (χ1) is 13.5. The number of ether oxygens (including phenoxy) is 1. The molecule has 2 aromatic carbocycles. The van der Waals surface area contributed by atoms with Crippen molar-refractivity contribution in [1.29, 1.82) is 0 Å². The molecule has 0 unspecified atom stereocenters. The van der Waals surface area contributed by atoms with Crippen LogP contribution in [-0.4, -0.2) is 56.5 Å². The third-order valence-corrected chi connectivity index (χ3v) is 5.09. The smallest absolute Gasteiger partial charge is 0.242 e. The van der Waals surface area contributed by atoms with Crippen LogP contribution in [0.4, 0.5) is 11.4 Å². The van der Waals surface area contributed by atoms with Gasteiger partial charge in [-0.1, -0.05) is 17.7 Å². The Kier molecular flexibility index (Phi) is 6.19. The Bertz CT molecular complexity index is 810. The first-order valence-electron chi connectivity index (χ1n) is 9.49. The van der Waals surface area contributed by atoms with Crippen LogP contribution in [0.2, 0.25) is 0 Å².